The first-order valence-corrected chi connectivity index (χ1v) is 17.6. The maximum atomic E-state index is 12.3. The number of amides is 1. The van der Waals surface area contributed by atoms with E-state index in [9.17, 15) is 20.1 Å². The molecule has 1 amide bonds. The lowest BCUT2D eigenvalue weighted by Gasteiger charge is -2.26. The Hall–Kier alpha value is -1.17. The monoisotopic (exact) mass is 580 g/mol. The van der Waals surface area contributed by atoms with Gasteiger partial charge in [-0.1, -0.05) is 147 Å². The van der Waals surface area contributed by atoms with Gasteiger partial charge in [0.1, 0.15) is 6.10 Å². The van der Waals surface area contributed by atoms with Crippen molar-refractivity contribution in [3.8, 4) is 0 Å². The number of unbranched alkanes of at least 4 members (excludes halogenated alkanes) is 19. The first-order valence-electron chi connectivity index (χ1n) is 17.6. The summed E-state index contributed by atoms with van der Waals surface area (Å²) in [6.45, 7) is 4.07. The summed E-state index contributed by atoms with van der Waals surface area (Å²) in [5.74, 6) is -0.160. The van der Waals surface area contributed by atoms with Crippen LogP contribution in [0.2, 0.25) is 0 Å². The second kappa shape index (κ2) is 31.8. The van der Waals surface area contributed by atoms with Crippen molar-refractivity contribution >= 4 is 5.91 Å². The zero-order valence-electron chi connectivity index (χ0n) is 27.2. The Morgan fingerprint density at radius 3 is 1.49 bits per heavy atom. The maximum absolute atomic E-state index is 12.3. The van der Waals surface area contributed by atoms with Gasteiger partial charge in [-0.25, -0.2) is 0 Å². The van der Waals surface area contributed by atoms with Gasteiger partial charge >= 0.3 is 0 Å². The molecule has 41 heavy (non-hydrogen) atoms. The number of hydrogen-bond donors (Lipinski definition) is 4. The zero-order valence-corrected chi connectivity index (χ0v) is 27.2. The highest BCUT2D eigenvalue weighted by molar-refractivity contribution is 5.76. The van der Waals surface area contributed by atoms with Crippen LogP contribution in [0.1, 0.15) is 174 Å². The van der Waals surface area contributed by atoms with Gasteiger partial charge in [0.2, 0.25) is 5.91 Å². The minimum atomic E-state index is -1.16. The summed E-state index contributed by atoms with van der Waals surface area (Å²) in [5.41, 5.74) is 0. The molecule has 5 heteroatoms. The molecule has 0 fully saturated rings. The van der Waals surface area contributed by atoms with E-state index in [1.807, 2.05) is 0 Å². The van der Waals surface area contributed by atoms with Gasteiger partial charge in [-0.2, -0.15) is 0 Å². The molecule has 0 aliphatic carbocycles. The standard InChI is InChI=1S/C36H69NO4/c1-3-5-7-9-11-13-15-16-17-18-19-20-21-23-25-27-29-31-35(40)37-33(32-38)36(41)34(39)30-28-26-24-22-14-12-10-8-6-4-2/h8,10,22,24,33-34,36,38-39,41H,3-7,9,11-21,23,25-32H2,1-2H3,(H,37,40)/b10-8+,24-22+. The molecule has 0 spiro atoms. The quantitative estimate of drug-likeness (QED) is 0.0487. The molecule has 242 valence electrons. The Labute approximate surface area is 254 Å². The van der Waals surface area contributed by atoms with Crippen LogP contribution in [0.5, 0.6) is 0 Å². The molecule has 4 N–H and O–H groups in total. The van der Waals surface area contributed by atoms with Crippen LogP contribution >= 0.6 is 0 Å². The molecule has 0 heterocycles. The van der Waals surface area contributed by atoms with E-state index in [1.54, 1.807) is 0 Å². The molecular formula is C36H69NO4. The summed E-state index contributed by atoms with van der Waals surface area (Å²) >= 11 is 0. The third kappa shape index (κ3) is 27.4. The van der Waals surface area contributed by atoms with E-state index in [2.05, 4.69) is 43.5 Å². The lowest BCUT2D eigenvalue weighted by molar-refractivity contribution is -0.124. The number of allylic oxidation sites excluding steroid dienone is 4. The number of carbonyl (C=O) groups is 1. The van der Waals surface area contributed by atoms with Crippen molar-refractivity contribution in [2.24, 2.45) is 0 Å². The van der Waals surface area contributed by atoms with Crippen LogP contribution in [0.4, 0.5) is 0 Å². The minimum Gasteiger partial charge on any atom is -0.394 e. The molecule has 0 aliphatic heterocycles. The molecule has 0 aromatic rings. The number of hydrogen-bond acceptors (Lipinski definition) is 4. The van der Waals surface area contributed by atoms with Crippen molar-refractivity contribution in [2.75, 3.05) is 6.61 Å². The van der Waals surface area contributed by atoms with Gasteiger partial charge in [0, 0.05) is 6.42 Å². The fraction of sp³-hybridized carbons (Fsp3) is 0.861. The summed E-state index contributed by atoms with van der Waals surface area (Å²) in [4.78, 5) is 12.3. The number of aliphatic hydroxyl groups is 3. The average molecular weight is 580 g/mol. The Kier molecular flexibility index (Phi) is 30.9. The van der Waals surface area contributed by atoms with Crippen molar-refractivity contribution in [3.05, 3.63) is 24.3 Å². The van der Waals surface area contributed by atoms with Crippen LogP contribution in [0.3, 0.4) is 0 Å². The van der Waals surface area contributed by atoms with Crippen LogP contribution < -0.4 is 5.32 Å². The van der Waals surface area contributed by atoms with Gasteiger partial charge < -0.3 is 20.6 Å². The highest BCUT2D eigenvalue weighted by Crippen LogP contribution is 2.15. The molecule has 0 rings (SSSR count). The van der Waals surface area contributed by atoms with Gasteiger partial charge in [0.15, 0.2) is 0 Å². The SMILES string of the molecule is CCC/C=C/CC/C=C/CCCC(O)C(O)C(CO)NC(=O)CCCCCCCCCCCCCCCCCCC. The van der Waals surface area contributed by atoms with Crippen molar-refractivity contribution in [3.63, 3.8) is 0 Å². The van der Waals surface area contributed by atoms with E-state index in [4.69, 9.17) is 0 Å². The molecule has 5 nitrogen and oxygen atoms in total. The van der Waals surface area contributed by atoms with E-state index in [-0.39, 0.29) is 12.5 Å². The summed E-state index contributed by atoms with van der Waals surface area (Å²) in [5, 5.41) is 33.2. The van der Waals surface area contributed by atoms with Crippen molar-refractivity contribution < 1.29 is 20.1 Å². The molecule has 0 aromatic carbocycles. The molecule has 3 unspecified atom stereocenters. The van der Waals surface area contributed by atoms with Gasteiger partial charge in [0.05, 0.1) is 18.8 Å². The summed E-state index contributed by atoms with van der Waals surface area (Å²) < 4.78 is 0. The Balaban J connectivity index is 3.70. The molecule has 3 atom stereocenters. The zero-order chi connectivity index (χ0) is 30.2. The Morgan fingerprint density at radius 1 is 0.585 bits per heavy atom. The fourth-order valence-corrected chi connectivity index (χ4v) is 5.24. The maximum Gasteiger partial charge on any atom is 0.220 e. The van der Waals surface area contributed by atoms with E-state index in [1.165, 1.54) is 96.3 Å². The van der Waals surface area contributed by atoms with Gasteiger partial charge in [-0.3, -0.25) is 4.79 Å². The molecule has 0 aliphatic rings. The number of aliphatic hydroxyl groups excluding tert-OH is 3. The number of carbonyl (C=O) groups excluding carboxylic acids is 1. The lowest BCUT2D eigenvalue weighted by Crippen LogP contribution is -2.50. The normalized spacial score (nSPS) is 14.2. The topological polar surface area (TPSA) is 89.8 Å². The highest BCUT2D eigenvalue weighted by Gasteiger charge is 2.26. The second-order valence-electron chi connectivity index (χ2n) is 12.1. The summed E-state index contributed by atoms with van der Waals surface area (Å²) in [6.07, 6.45) is 35.6. The van der Waals surface area contributed by atoms with Gasteiger partial charge in [-0.05, 0) is 44.9 Å². The Morgan fingerprint density at radius 2 is 1.02 bits per heavy atom. The number of nitrogens with one attached hydrogen (secondary N) is 1. The second-order valence-corrected chi connectivity index (χ2v) is 12.1. The molecule has 0 saturated carbocycles. The van der Waals surface area contributed by atoms with Gasteiger partial charge in [-0.15, -0.1) is 0 Å². The molecule has 0 aromatic heterocycles. The summed E-state index contributed by atoms with van der Waals surface area (Å²) in [7, 11) is 0. The minimum absolute atomic E-state index is 0.160. The van der Waals surface area contributed by atoms with E-state index in [0.29, 0.717) is 12.8 Å². The van der Waals surface area contributed by atoms with E-state index >= 15 is 0 Å². The summed E-state index contributed by atoms with van der Waals surface area (Å²) in [6, 6.07) is -0.825. The average Bonchev–Trinajstić information content (AvgIpc) is 2.97. The molecule has 0 bridgehead atoms. The van der Waals surface area contributed by atoms with Crippen molar-refractivity contribution in [1.29, 1.82) is 0 Å². The van der Waals surface area contributed by atoms with E-state index in [0.717, 1.165) is 51.4 Å². The van der Waals surface area contributed by atoms with Crippen LogP contribution in [0, 0.1) is 0 Å². The van der Waals surface area contributed by atoms with Crippen molar-refractivity contribution in [1.82, 2.24) is 5.32 Å². The predicted molar refractivity (Wildman–Crippen MR) is 176 cm³/mol. The lowest BCUT2D eigenvalue weighted by atomic mass is 10.0. The highest BCUT2D eigenvalue weighted by atomic mass is 16.3. The largest absolute Gasteiger partial charge is 0.394 e. The van der Waals surface area contributed by atoms with Crippen molar-refractivity contribution in [2.45, 2.75) is 193 Å². The number of rotatable bonds is 31. The molecule has 0 saturated heterocycles. The first-order chi connectivity index (χ1) is 20.1. The van der Waals surface area contributed by atoms with Crippen LogP contribution in [0.15, 0.2) is 24.3 Å². The smallest absolute Gasteiger partial charge is 0.220 e. The predicted octanol–water partition coefficient (Wildman–Crippen LogP) is 9.09. The Bertz CT molecular complexity index is 606. The van der Waals surface area contributed by atoms with Crippen LogP contribution in [-0.2, 0) is 4.79 Å². The molecular weight excluding hydrogens is 510 g/mol. The fourth-order valence-electron chi connectivity index (χ4n) is 5.24. The molecule has 0 radical (unpaired) electrons. The third-order valence-electron chi connectivity index (χ3n) is 8.02. The van der Waals surface area contributed by atoms with Gasteiger partial charge in [0.25, 0.3) is 0 Å². The third-order valence-corrected chi connectivity index (χ3v) is 8.02. The van der Waals surface area contributed by atoms with Crippen LogP contribution in [-0.4, -0.2) is 46.1 Å². The van der Waals surface area contributed by atoms with Crippen LogP contribution in [0.25, 0.3) is 0 Å². The first kappa shape index (κ1) is 39.8. The van der Waals surface area contributed by atoms with E-state index < -0.39 is 18.2 Å².